The van der Waals surface area contributed by atoms with E-state index in [9.17, 15) is 10.2 Å². The highest BCUT2D eigenvalue weighted by Crippen LogP contribution is 2.15. The highest BCUT2D eigenvalue weighted by atomic mass is 16.6. The molecule has 0 rings (SSSR count). The Morgan fingerprint density at radius 2 is 0.525 bits per heavy atom. The highest BCUT2D eigenvalue weighted by Gasteiger charge is 2.21. The van der Waals surface area contributed by atoms with Gasteiger partial charge in [-0.2, -0.15) is 0 Å². The Morgan fingerprint density at radius 1 is 0.325 bits per heavy atom. The van der Waals surface area contributed by atoms with E-state index in [1.165, 1.54) is 167 Å². The van der Waals surface area contributed by atoms with Crippen molar-refractivity contribution in [1.29, 1.82) is 0 Å². The van der Waals surface area contributed by atoms with Crippen LogP contribution in [0.15, 0.2) is 0 Å². The van der Waals surface area contributed by atoms with E-state index in [1.54, 1.807) is 0 Å². The van der Waals surface area contributed by atoms with Crippen LogP contribution in [-0.2, 0) is 9.47 Å². The highest BCUT2D eigenvalue weighted by molar-refractivity contribution is 4.69. The molecule has 0 aliphatic rings. The van der Waals surface area contributed by atoms with Gasteiger partial charge in [0.25, 0.3) is 0 Å². The molecule has 242 valence electrons. The standard InChI is InChI=1S/C36H74O4/c1-3-5-7-9-11-13-15-17-19-21-23-25-27-29-31-39-35(33-37)36(34-38)40-32-30-28-26-24-22-20-18-16-14-12-10-8-6-4-2/h35-38H,3-34H2,1-2H3/t35-,36-/m0/s1. The Bertz CT molecular complexity index is 405. The van der Waals surface area contributed by atoms with Crippen molar-refractivity contribution in [3.63, 3.8) is 0 Å². The minimum atomic E-state index is -0.418. The van der Waals surface area contributed by atoms with Crippen molar-refractivity contribution in [3.8, 4) is 0 Å². The summed E-state index contributed by atoms with van der Waals surface area (Å²) in [6, 6.07) is 0. The fourth-order valence-corrected chi connectivity index (χ4v) is 5.62. The Balaban J connectivity index is 3.51. The van der Waals surface area contributed by atoms with Gasteiger partial charge in [0.2, 0.25) is 0 Å². The van der Waals surface area contributed by atoms with Crippen LogP contribution in [0.4, 0.5) is 0 Å². The summed E-state index contributed by atoms with van der Waals surface area (Å²) in [6.07, 6.45) is 36.7. The zero-order valence-electron chi connectivity index (χ0n) is 27.5. The number of hydrogen-bond donors (Lipinski definition) is 2. The maximum atomic E-state index is 9.75. The van der Waals surface area contributed by atoms with E-state index in [4.69, 9.17) is 9.47 Å². The zero-order valence-corrected chi connectivity index (χ0v) is 27.5. The van der Waals surface area contributed by atoms with Crippen molar-refractivity contribution in [2.45, 2.75) is 206 Å². The van der Waals surface area contributed by atoms with Crippen molar-refractivity contribution >= 4 is 0 Å². The molecule has 2 atom stereocenters. The molecule has 2 N–H and O–H groups in total. The molecule has 0 saturated heterocycles. The quantitative estimate of drug-likeness (QED) is 0.0744. The summed E-state index contributed by atoms with van der Waals surface area (Å²) in [7, 11) is 0. The average molecular weight is 571 g/mol. The van der Waals surface area contributed by atoms with Crippen molar-refractivity contribution in [3.05, 3.63) is 0 Å². The van der Waals surface area contributed by atoms with E-state index in [0.29, 0.717) is 13.2 Å². The van der Waals surface area contributed by atoms with E-state index in [1.807, 2.05) is 0 Å². The summed E-state index contributed by atoms with van der Waals surface area (Å²) >= 11 is 0. The Morgan fingerprint density at radius 3 is 0.725 bits per heavy atom. The third-order valence-electron chi connectivity index (χ3n) is 8.43. The molecular weight excluding hydrogens is 496 g/mol. The van der Waals surface area contributed by atoms with E-state index in [2.05, 4.69) is 13.8 Å². The molecule has 0 aliphatic carbocycles. The van der Waals surface area contributed by atoms with Crippen LogP contribution in [0.3, 0.4) is 0 Å². The van der Waals surface area contributed by atoms with Crippen LogP contribution in [0.25, 0.3) is 0 Å². The molecule has 0 heterocycles. The van der Waals surface area contributed by atoms with E-state index in [0.717, 1.165) is 12.8 Å². The second-order valence-corrected chi connectivity index (χ2v) is 12.4. The van der Waals surface area contributed by atoms with Crippen molar-refractivity contribution < 1.29 is 19.7 Å². The van der Waals surface area contributed by atoms with Gasteiger partial charge in [-0.3, -0.25) is 0 Å². The maximum absolute atomic E-state index is 9.75. The largest absolute Gasteiger partial charge is 0.394 e. The first-order valence-corrected chi connectivity index (χ1v) is 18.2. The van der Waals surface area contributed by atoms with Gasteiger partial charge in [0, 0.05) is 13.2 Å². The molecule has 0 spiro atoms. The first-order chi connectivity index (χ1) is 19.8. The Hall–Kier alpha value is -0.160. The van der Waals surface area contributed by atoms with Gasteiger partial charge in [0.15, 0.2) is 0 Å². The molecule has 0 saturated carbocycles. The summed E-state index contributed by atoms with van der Waals surface area (Å²) in [6.45, 7) is 5.65. The van der Waals surface area contributed by atoms with Gasteiger partial charge >= 0.3 is 0 Å². The lowest BCUT2D eigenvalue weighted by Gasteiger charge is -2.24. The average Bonchev–Trinajstić information content (AvgIpc) is 2.97. The second kappa shape index (κ2) is 35.0. The molecule has 0 radical (unpaired) electrons. The van der Waals surface area contributed by atoms with Crippen LogP contribution < -0.4 is 0 Å². The van der Waals surface area contributed by atoms with Gasteiger partial charge in [0.1, 0.15) is 12.2 Å². The predicted molar refractivity (Wildman–Crippen MR) is 174 cm³/mol. The van der Waals surface area contributed by atoms with Gasteiger partial charge in [-0.15, -0.1) is 0 Å². The molecule has 0 amide bonds. The molecule has 4 nitrogen and oxygen atoms in total. The lowest BCUT2D eigenvalue weighted by molar-refractivity contribution is -0.110. The van der Waals surface area contributed by atoms with Gasteiger partial charge in [-0.05, 0) is 12.8 Å². The number of aliphatic hydroxyl groups is 2. The van der Waals surface area contributed by atoms with E-state index >= 15 is 0 Å². The number of aliphatic hydroxyl groups excluding tert-OH is 2. The van der Waals surface area contributed by atoms with E-state index in [-0.39, 0.29) is 13.2 Å². The fourth-order valence-electron chi connectivity index (χ4n) is 5.62. The summed E-state index contributed by atoms with van der Waals surface area (Å²) in [4.78, 5) is 0. The summed E-state index contributed by atoms with van der Waals surface area (Å²) in [5, 5.41) is 19.5. The predicted octanol–water partition coefficient (Wildman–Crippen LogP) is 10.7. The SMILES string of the molecule is CCCCCCCCCCCCCCCCO[C@@H](CO)[C@H](CO)OCCCCCCCCCCCCCCCC. The molecule has 0 aromatic carbocycles. The molecule has 0 aliphatic heterocycles. The smallest absolute Gasteiger partial charge is 0.109 e. The normalized spacial score (nSPS) is 13.2. The first-order valence-electron chi connectivity index (χ1n) is 18.2. The molecule has 0 bridgehead atoms. The topological polar surface area (TPSA) is 58.9 Å². The Kier molecular flexibility index (Phi) is 34.9. The number of unbranched alkanes of at least 4 members (excludes halogenated alkanes) is 26. The maximum Gasteiger partial charge on any atom is 0.109 e. The summed E-state index contributed by atoms with van der Waals surface area (Å²) in [5.41, 5.74) is 0. The lowest BCUT2D eigenvalue weighted by atomic mass is 10.0. The second-order valence-electron chi connectivity index (χ2n) is 12.4. The molecule has 4 heteroatoms. The number of hydrogen-bond acceptors (Lipinski definition) is 4. The molecule has 0 aromatic rings. The first kappa shape index (κ1) is 39.8. The van der Waals surface area contributed by atoms with Crippen LogP contribution >= 0.6 is 0 Å². The Labute approximate surface area is 251 Å². The lowest BCUT2D eigenvalue weighted by Crippen LogP contribution is -2.38. The number of ether oxygens (including phenoxy) is 2. The van der Waals surface area contributed by atoms with Crippen LogP contribution in [0.5, 0.6) is 0 Å². The van der Waals surface area contributed by atoms with Crippen LogP contribution in [0, 0.1) is 0 Å². The van der Waals surface area contributed by atoms with Gasteiger partial charge in [-0.1, -0.05) is 181 Å². The summed E-state index contributed by atoms with van der Waals surface area (Å²) < 4.78 is 11.8. The molecule has 0 fully saturated rings. The molecule has 0 aromatic heterocycles. The third kappa shape index (κ3) is 29.3. The van der Waals surface area contributed by atoms with Gasteiger partial charge < -0.3 is 19.7 Å². The van der Waals surface area contributed by atoms with Crippen molar-refractivity contribution in [1.82, 2.24) is 0 Å². The molecular formula is C36H74O4. The zero-order chi connectivity index (χ0) is 29.2. The van der Waals surface area contributed by atoms with Crippen molar-refractivity contribution in [2.24, 2.45) is 0 Å². The summed E-state index contributed by atoms with van der Waals surface area (Å²) in [5.74, 6) is 0. The van der Waals surface area contributed by atoms with Gasteiger partial charge in [-0.25, -0.2) is 0 Å². The third-order valence-corrected chi connectivity index (χ3v) is 8.43. The van der Waals surface area contributed by atoms with Gasteiger partial charge in [0.05, 0.1) is 13.2 Å². The van der Waals surface area contributed by atoms with Crippen LogP contribution in [0.1, 0.15) is 194 Å². The van der Waals surface area contributed by atoms with Crippen LogP contribution in [-0.4, -0.2) is 48.8 Å². The van der Waals surface area contributed by atoms with Crippen molar-refractivity contribution in [2.75, 3.05) is 26.4 Å². The monoisotopic (exact) mass is 571 g/mol. The number of rotatable bonds is 35. The molecule has 40 heavy (non-hydrogen) atoms. The van der Waals surface area contributed by atoms with Crippen LogP contribution in [0.2, 0.25) is 0 Å². The minimum Gasteiger partial charge on any atom is -0.394 e. The fraction of sp³-hybridized carbons (Fsp3) is 1.00. The van der Waals surface area contributed by atoms with E-state index < -0.39 is 12.2 Å². The molecule has 0 unspecified atom stereocenters. The minimum absolute atomic E-state index is 0.0947.